The molecule has 0 saturated heterocycles. The van der Waals surface area contributed by atoms with E-state index in [9.17, 15) is 19.7 Å². The Bertz CT molecular complexity index is 578. The van der Waals surface area contributed by atoms with E-state index in [-0.39, 0.29) is 17.2 Å². The molecule has 1 heterocycles. The van der Waals surface area contributed by atoms with E-state index >= 15 is 0 Å². The molecule has 0 aliphatic heterocycles. The molecule has 1 aliphatic carbocycles. The van der Waals surface area contributed by atoms with Gasteiger partial charge in [0.15, 0.2) is 0 Å². The minimum atomic E-state index is -1.01. The first-order valence-corrected chi connectivity index (χ1v) is 8.09. The van der Waals surface area contributed by atoms with Gasteiger partial charge < -0.3 is 10.1 Å². The Morgan fingerprint density at radius 2 is 2.09 bits per heavy atom. The van der Waals surface area contributed by atoms with Crippen molar-refractivity contribution in [3.05, 3.63) is 27.1 Å². The number of carbonyl (C=O) groups is 2. The first-order valence-electron chi connectivity index (χ1n) is 7.21. The molecule has 1 saturated carbocycles. The third kappa shape index (κ3) is 3.44. The molecule has 8 heteroatoms. The molecule has 22 heavy (non-hydrogen) atoms. The number of hydrogen-bond acceptors (Lipinski definition) is 6. The van der Waals surface area contributed by atoms with Crippen LogP contribution in [0.2, 0.25) is 0 Å². The Kier molecular flexibility index (Phi) is 5.12. The number of thiophene rings is 1. The van der Waals surface area contributed by atoms with Gasteiger partial charge in [0, 0.05) is 11.4 Å². The first kappa shape index (κ1) is 16.4. The highest BCUT2D eigenvalue weighted by atomic mass is 32.1. The molecule has 1 aromatic heterocycles. The molecule has 1 aromatic rings. The summed E-state index contributed by atoms with van der Waals surface area (Å²) in [7, 11) is 0. The molecule has 0 aromatic carbocycles. The van der Waals surface area contributed by atoms with E-state index in [1.807, 2.05) is 0 Å². The van der Waals surface area contributed by atoms with Crippen LogP contribution in [0.5, 0.6) is 0 Å². The Labute approximate surface area is 131 Å². The summed E-state index contributed by atoms with van der Waals surface area (Å²) in [5.41, 5.74) is -0.812. The van der Waals surface area contributed by atoms with Crippen LogP contribution in [0, 0.1) is 10.1 Å². The normalized spacial score (nSPS) is 16.8. The van der Waals surface area contributed by atoms with Gasteiger partial charge in [-0.3, -0.25) is 14.9 Å². The number of ether oxygens (including phenoxy) is 1. The number of amides is 1. The Morgan fingerprint density at radius 1 is 1.41 bits per heavy atom. The summed E-state index contributed by atoms with van der Waals surface area (Å²) in [6, 6.07) is 1.22. The van der Waals surface area contributed by atoms with Crippen molar-refractivity contribution in [1.82, 2.24) is 5.32 Å². The molecule has 1 aliphatic rings. The number of nitrogens with one attached hydrogen (secondary N) is 1. The summed E-state index contributed by atoms with van der Waals surface area (Å²) in [6.45, 7) is 1.97. The SMILES string of the molecule is CCOC(=O)C1(NC(=O)c2csc([N+](=O)[O-])c2)CCCCC1. The smallest absolute Gasteiger partial charge is 0.331 e. The van der Waals surface area contributed by atoms with Crippen molar-refractivity contribution >= 4 is 28.2 Å². The highest BCUT2D eigenvalue weighted by Gasteiger charge is 2.42. The molecule has 2 rings (SSSR count). The second kappa shape index (κ2) is 6.87. The second-order valence-corrected chi connectivity index (χ2v) is 6.14. The van der Waals surface area contributed by atoms with Crippen molar-refractivity contribution < 1.29 is 19.2 Å². The average Bonchev–Trinajstić information content (AvgIpc) is 2.98. The van der Waals surface area contributed by atoms with E-state index in [2.05, 4.69) is 5.32 Å². The monoisotopic (exact) mass is 326 g/mol. The molecule has 7 nitrogen and oxygen atoms in total. The van der Waals surface area contributed by atoms with Crippen molar-refractivity contribution in [3.63, 3.8) is 0 Å². The third-order valence-electron chi connectivity index (χ3n) is 3.75. The molecular formula is C14H18N2O5S. The summed E-state index contributed by atoms with van der Waals surface area (Å²) in [5.74, 6) is -0.896. The van der Waals surface area contributed by atoms with Gasteiger partial charge in [0.05, 0.1) is 17.1 Å². The van der Waals surface area contributed by atoms with Crippen LogP contribution in [0.25, 0.3) is 0 Å². The van der Waals surface area contributed by atoms with Crippen LogP contribution in [-0.2, 0) is 9.53 Å². The lowest BCUT2D eigenvalue weighted by molar-refractivity contribution is -0.380. The molecule has 120 valence electrons. The first-order chi connectivity index (χ1) is 10.5. The summed E-state index contributed by atoms with van der Waals surface area (Å²) < 4.78 is 5.11. The lowest BCUT2D eigenvalue weighted by atomic mass is 9.81. The topological polar surface area (TPSA) is 98.5 Å². The van der Waals surface area contributed by atoms with Gasteiger partial charge >= 0.3 is 11.0 Å². The van der Waals surface area contributed by atoms with Crippen LogP contribution in [0.3, 0.4) is 0 Å². The van der Waals surface area contributed by atoms with Crippen LogP contribution in [0.4, 0.5) is 5.00 Å². The second-order valence-electron chi connectivity index (χ2n) is 5.25. The summed E-state index contributed by atoms with van der Waals surface area (Å²) in [6.07, 6.45) is 3.75. The number of nitro groups is 1. The fraction of sp³-hybridized carbons (Fsp3) is 0.571. The van der Waals surface area contributed by atoms with Gasteiger partial charge in [0.25, 0.3) is 5.91 Å². The number of rotatable bonds is 5. The van der Waals surface area contributed by atoms with Crippen molar-refractivity contribution in [3.8, 4) is 0 Å². The molecule has 0 unspecified atom stereocenters. The van der Waals surface area contributed by atoms with Crippen LogP contribution < -0.4 is 5.32 Å². The number of hydrogen-bond donors (Lipinski definition) is 1. The van der Waals surface area contributed by atoms with Crippen molar-refractivity contribution in [1.29, 1.82) is 0 Å². The van der Waals surface area contributed by atoms with E-state index in [1.54, 1.807) is 6.92 Å². The standard InChI is InChI=1S/C14H18N2O5S/c1-2-21-13(18)14(6-4-3-5-7-14)15-12(17)10-8-11(16(19)20)22-9-10/h8-9H,2-7H2,1H3,(H,15,17). The van der Waals surface area contributed by atoms with Crippen LogP contribution in [0.15, 0.2) is 11.4 Å². The largest absolute Gasteiger partial charge is 0.464 e. The van der Waals surface area contributed by atoms with Crippen LogP contribution in [0.1, 0.15) is 49.4 Å². The van der Waals surface area contributed by atoms with Gasteiger partial charge in [-0.25, -0.2) is 4.79 Å². The van der Waals surface area contributed by atoms with Gasteiger partial charge in [-0.05, 0) is 19.8 Å². The van der Waals surface area contributed by atoms with E-state index in [0.717, 1.165) is 30.6 Å². The maximum Gasteiger partial charge on any atom is 0.331 e. The maximum absolute atomic E-state index is 12.3. The predicted molar refractivity (Wildman–Crippen MR) is 80.9 cm³/mol. The van der Waals surface area contributed by atoms with Crippen LogP contribution >= 0.6 is 11.3 Å². The zero-order chi connectivity index (χ0) is 16.2. The molecule has 1 amide bonds. The summed E-state index contributed by atoms with van der Waals surface area (Å²) >= 11 is 0.889. The molecular weight excluding hydrogens is 308 g/mol. The molecule has 0 spiro atoms. The summed E-state index contributed by atoms with van der Waals surface area (Å²) in [4.78, 5) is 34.7. The highest BCUT2D eigenvalue weighted by molar-refractivity contribution is 7.13. The molecule has 0 bridgehead atoms. The minimum Gasteiger partial charge on any atom is -0.464 e. The fourth-order valence-electron chi connectivity index (χ4n) is 2.63. The lowest BCUT2D eigenvalue weighted by Gasteiger charge is -2.35. The third-order valence-corrected chi connectivity index (χ3v) is 4.63. The Hall–Kier alpha value is -1.96. The van der Waals surface area contributed by atoms with Gasteiger partial charge in [0.1, 0.15) is 5.54 Å². The van der Waals surface area contributed by atoms with Crippen LogP contribution in [-0.4, -0.2) is 28.9 Å². The molecule has 0 atom stereocenters. The molecule has 1 N–H and O–H groups in total. The highest BCUT2D eigenvalue weighted by Crippen LogP contribution is 2.30. The van der Waals surface area contributed by atoms with E-state index in [1.165, 1.54) is 11.4 Å². The number of esters is 1. The number of carbonyl (C=O) groups excluding carboxylic acids is 2. The minimum absolute atomic E-state index is 0.0982. The molecule has 1 fully saturated rings. The Balaban J connectivity index is 2.16. The van der Waals surface area contributed by atoms with Crippen molar-refractivity contribution in [2.45, 2.75) is 44.6 Å². The maximum atomic E-state index is 12.3. The van der Waals surface area contributed by atoms with Gasteiger partial charge in [-0.1, -0.05) is 30.6 Å². The van der Waals surface area contributed by atoms with E-state index in [0.29, 0.717) is 12.8 Å². The zero-order valence-electron chi connectivity index (χ0n) is 12.3. The van der Waals surface area contributed by atoms with E-state index in [4.69, 9.17) is 4.74 Å². The van der Waals surface area contributed by atoms with Gasteiger partial charge in [-0.15, -0.1) is 0 Å². The molecule has 0 radical (unpaired) electrons. The average molecular weight is 326 g/mol. The van der Waals surface area contributed by atoms with Crippen molar-refractivity contribution in [2.24, 2.45) is 0 Å². The summed E-state index contributed by atoms with van der Waals surface area (Å²) in [5, 5.41) is 14.8. The van der Waals surface area contributed by atoms with Gasteiger partial charge in [0.2, 0.25) is 0 Å². The predicted octanol–water partition coefficient (Wildman–Crippen LogP) is 2.65. The zero-order valence-corrected chi connectivity index (χ0v) is 13.1. The Morgan fingerprint density at radius 3 is 2.64 bits per heavy atom. The quantitative estimate of drug-likeness (QED) is 0.509. The van der Waals surface area contributed by atoms with E-state index < -0.39 is 22.3 Å². The fourth-order valence-corrected chi connectivity index (χ4v) is 3.34. The van der Waals surface area contributed by atoms with Crippen molar-refractivity contribution in [2.75, 3.05) is 6.61 Å². The lowest BCUT2D eigenvalue weighted by Crippen LogP contribution is -2.56. The number of nitrogens with zero attached hydrogens (tertiary/aromatic N) is 1. The van der Waals surface area contributed by atoms with Gasteiger partial charge in [-0.2, -0.15) is 0 Å².